The summed E-state index contributed by atoms with van der Waals surface area (Å²) in [7, 11) is 0. The van der Waals surface area contributed by atoms with E-state index in [1.165, 1.54) is 6.07 Å². The summed E-state index contributed by atoms with van der Waals surface area (Å²) in [5.41, 5.74) is 1.33. The number of carboxylic acid groups (broad SMARTS) is 1. The second-order valence-electron chi connectivity index (χ2n) is 5.71. The highest BCUT2D eigenvalue weighted by atomic mass is 35.5. The average molecular weight is 334 g/mol. The molecule has 0 aromatic heterocycles. The van der Waals surface area contributed by atoms with Crippen molar-refractivity contribution in [1.29, 1.82) is 0 Å². The van der Waals surface area contributed by atoms with Crippen molar-refractivity contribution < 1.29 is 14.3 Å². The number of likely N-dealkylation sites (tertiary alicyclic amines) is 1. The van der Waals surface area contributed by atoms with E-state index in [4.69, 9.17) is 11.6 Å². The maximum absolute atomic E-state index is 14.4. The van der Waals surface area contributed by atoms with Gasteiger partial charge in [-0.15, -0.1) is 0 Å². The zero-order valence-electron chi connectivity index (χ0n) is 12.5. The molecule has 3 nitrogen and oxygen atoms in total. The molecule has 0 radical (unpaired) electrons. The summed E-state index contributed by atoms with van der Waals surface area (Å²) in [5, 5.41) is 10.1. The van der Waals surface area contributed by atoms with E-state index in [1.807, 2.05) is 17.0 Å². The highest BCUT2D eigenvalue weighted by Gasteiger charge is 2.37. The van der Waals surface area contributed by atoms with Gasteiger partial charge in [-0.1, -0.05) is 41.9 Å². The number of carboxylic acids is 1. The molecule has 1 heterocycles. The Morgan fingerprint density at radius 3 is 2.57 bits per heavy atom. The summed E-state index contributed by atoms with van der Waals surface area (Å²) < 4.78 is 14.4. The van der Waals surface area contributed by atoms with Gasteiger partial charge in [0.2, 0.25) is 0 Å². The van der Waals surface area contributed by atoms with Crippen molar-refractivity contribution in [3.05, 3.63) is 70.5 Å². The standard InChI is InChI=1S/C18H17ClFNO2/c19-13-9-7-12(8-10-13)17(14-4-1-2-5-15(14)20)21-11-3-6-16(21)18(22)23/h1-2,4-5,7-10,16-17H,3,6,11H2,(H,22,23). The van der Waals surface area contributed by atoms with Crippen LogP contribution in [-0.2, 0) is 4.79 Å². The predicted octanol–water partition coefficient (Wildman–Crippen LogP) is 4.12. The minimum absolute atomic E-state index is 0.330. The van der Waals surface area contributed by atoms with Crippen LogP contribution in [0.1, 0.15) is 30.0 Å². The zero-order chi connectivity index (χ0) is 16.4. The Balaban J connectivity index is 2.08. The second kappa shape index (κ2) is 6.69. The average Bonchev–Trinajstić information content (AvgIpc) is 3.01. The minimum atomic E-state index is -0.863. The molecule has 120 valence electrons. The number of aliphatic carboxylic acids is 1. The van der Waals surface area contributed by atoms with Gasteiger partial charge in [0.15, 0.2) is 0 Å². The van der Waals surface area contributed by atoms with Gasteiger partial charge >= 0.3 is 5.97 Å². The third kappa shape index (κ3) is 3.23. The van der Waals surface area contributed by atoms with Crippen LogP contribution in [0.25, 0.3) is 0 Å². The summed E-state index contributed by atoms with van der Waals surface area (Å²) in [6, 6.07) is 12.6. The maximum atomic E-state index is 14.4. The molecular formula is C18H17ClFNO2. The Morgan fingerprint density at radius 1 is 1.22 bits per heavy atom. The summed E-state index contributed by atoms with van der Waals surface area (Å²) >= 11 is 5.95. The molecule has 3 rings (SSSR count). The zero-order valence-corrected chi connectivity index (χ0v) is 13.2. The molecule has 1 aliphatic rings. The largest absolute Gasteiger partial charge is 0.480 e. The first-order valence-corrected chi connectivity index (χ1v) is 7.94. The first kappa shape index (κ1) is 16.0. The fourth-order valence-corrected chi connectivity index (χ4v) is 3.38. The van der Waals surface area contributed by atoms with E-state index in [1.54, 1.807) is 30.3 Å². The van der Waals surface area contributed by atoms with E-state index < -0.39 is 18.1 Å². The fourth-order valence-electron chi connectivity index (χ4n) is 3.25. The first-order chi connectivity index (χ1) is 11.1. The summed E-state index contributed by atoms with van der Waals surface area (Å²) in [5.74, 6) is -1.19. The minimum Gasteiger partial charge on any atom is -0.480 e. The van der Waals surface area contributed by atoms with Crippen LogP contribution in [0.15, 0.2) is 48.5 Å². The third-order valence-electron chi connectivity index (χ3n) is 4.30. The van der Waals surface area contributed by atoms with E-state index in [2.05, 4.69) is 0 Å². The Hall–Kier alpha value is -1.91. The molecular weight excluding hydrogens is 317 g/mol. The SMILES string of the molecule is O=C(O)C1CCCN1C(c1ccc(Cl)cc1)c1ccccc1F. The van der Waals surface area contributed by atoms with E-state index in [0.29, 0.717) is 23.6 Å². The molecule has 0 aliphatic carbocycles. The quantitative estimate of drug-likeness (QED) is 0.915. The van der Waals surface area contributed by atoms with Crippen molar-refractivity contribution >= 4 is 17.6 Å². The van der Waals surface area contributed by atoms with Gasteiger partial charge in [-0.05, 0) is 36.6 Å². The molecule has 0 bridgehead atoms. The molecule has 0 amide bonds. The summed E-state index contributed by atoms with van der Waals surface area (Å²) in [6.45, 7) is 0.624. The lowest BCUT2D eigenvalue weighted by Crippen LogP contribution is -2.39. The maximum Gasteiger partial charge on any atom is 0.320 e. The third-order valence-corrected chi connectivity index (χ3v) is 4.55. The predicted molar refractivity (Wildman–Crippen MR) is 87.1 cm³/mol. The van der Waals surface area contributed by atoms with E-state index in [9.17, 15) is 14.3 Å². The highest BCUT2D eigenvalue weighted by molar-refractivity contribution is 6.30. The molecule has 1 fully saturated rings. The number of hydrogen-bond acceptors (Lipinski definition) is 2. The molecule has 1 saturated heterocycles. The van der Waals surface area contributed by atoms with Crippen molar-refractivity contribution in [1.82, 2.24) is 4.90 Å². The Morgan fingerprint density at radius 2 is 1.91 bits per heavy atom. The van der Waals surface area contributed by atoms with Crippen molar-refractivity contribution in [3.63, 3.8) is 0 Å². The van der Waals surface area contributed by atoms with Crippen LogP contribution in [0.5, 0.6) is 0 Å². The van der Waals surface area contributed by atoms with Crippen molar-refractivity contribution in [2.45, 2.75) is 24.9 Å². The van der Waals surface area contributed by atoms with Crippen LogP contribution in [0.4, 0.5) is 4.39 Å². The van der Waals surface area contributed by atoms with E-state index in [0.717, 1.165) is 12.0 Å². The second-order valence-corrected chi connectivity index (χ2v) is 6.15. The van der Waals surface area contributed by atoms with Crippen molar-refractivity contribution in [2.24, 2.45) is 0 Å². The molecule has 5 heteroatoms. The lowest BCUT2D eigenvalue weighted by Gasteiger charge is -2.32. The van der Waals surface area contributed by atoms with Gasteiger partial charge in [0, 0.05) is 17.1 Å². The van der Waals surface area contributed by atoms with Crippen LogP contribution in [0, 0.1) is 5.82 Å². The normalized spacial score (nSPS) is 19.7. The fraction of sp³-hybridized carbons (Fsp3) is 0.278. The summed E-state index contributed by atoms with van der Waals surface area (Å²) in [4.78, 5) is 13.4. The van der Waals surface area contributed by atoms with Crippen molar-refractivity contribution in [3.8, 4) is 0 Å². The molecule has 2 unspecified atom stereocenters. The highest BCUT2D eigenvalue weighted by Crippen LogP contribution is 2.36. The number of nitrogens with zero attached hydrogens (tertiary/aromatic N) is 1. The molecule has 1 aliphatic heterocycles. The Bertz CT molecular complexity index is 704. The number of carbonyl (C=O) groups is 1. The summed E-state index contributed by atoms with van der Waals surface area (Å²) in [6.07, 6.45) is 1.36. The van der Waals surface area contributed by atoms with E-state index >= 15 is 0 Å². The molecule has 0 saturated carbocycles. The molecule has 0 spiro atoms. The van der Waals surface area contributed by atoms with Crippen LogP contribution >= 0.6 is 11.6 Å². The number of hydrogen-bond donors (Lipinski definition) is 1. The number of rotatable bonds is 4. The van der Waals surface area contributed by atoms with Crippen LogP contribution < -0.4 is 0 Å². The van der Waals surface area contributed by atoms with Gasteiger partial charge in [-0.3, -0.25) is 9.69 Å². The first-order valence-electron chi connectivity index (χ1n) is 7.56. The molecule has 2 atom stereocenters. The van der Waals surface area contributed by atoms with Crippen molar-refractivity contribution in [2.75, 3.05) is 6.54 Å². The molecule has 2 aromatic rings. The van der Waals surface area contributed by atoms with Crippen LogP contribution in [-0.4, -0.2) is 28.6 Å². The van der Waals surface area contributed by atoms with Gasteiger partial charge in [-0.2, -0.15) is 0 Å². The van der Waals surface area contributed by atoms with Gasteiger partial charge in [0.1, 0.15) is 11.9 Å². The van der Waals surface area contributed by atoms with Gasteiger partial charge in [0.25, 0.3) is 0 Å². The number of benzene rings is 2. The van der Waals surface area contributed by atoms with Gasteiger partial charge in [0.05, 0.1) is 6.04 Å². The molecule has 23 heavy (non-hydrogen) atoms. The van der Waals surface area contributed by atoms with Gasteiger partial charge in [-0.25, -0.2) is 4.39 Å². The van der Waals surface area contributed by atoms with E-state index in [-0.39, 0.29) is 5.82 Å². The van der Waals surface area contributed by atoms with Crippen LogP contribution in [0.2, 0.25) is 5.02 Å². The lowest BCUT2D eigenvalue weighted by atomic mass is 9.96. The Kier molecular flexibility index (Phi) is 4.64. The smallest absolute Gasteiger partial charge is 0.320 e. The molecule has 2 aromatic carbocycles. The monoisotopic (exact) mass is 333 g/mol. The van der Waals surface area contributed by atoms with Gasteiger partial charge < -0.3 is 5.11 Å². The van der Waals surface area contributed by atoms with Crippen LogP contribution in [0.3, 0.4) is 0 Å². The number of halogens is 2. The topological polar surface area (TPSA) is 40.5 Å². The lowest BCUT2D eigenvalue weighted by molar-refractivity contribution is -0.142. The molecule has 1 N–H and O–H groups in total. The Labute approximate surface area is 139 Å².